The van der Waals surface area contributed by atoms with E-state index in [1.54, 1.807) is 45.8 Å². The van der Waals surface area contributed by atoms with Crippen molar-refractivity contribution in [2.24, 2.45) is 18.0 Å². The van der Waals surface area contributed by atoms with Gasteiger partial charge >= 0.3 is 6.18 Å². The van der Waals surface area contributed by atoms with E-state index in [4.69, 9.17) is 14.0 Å². The number of alkyl halides is 3. The Balaban J connectivity index is 1.56. The van der Waals surface area contributed by atoms with Crippen LogP contribution in [-0.4, -0.2) is 58.6 Å². The Morgan fingerprint density at radius 1 is 1.09 bits per heavy atom. The van der Waals surface area contributed by atoms with Crippen molar-refractivity contribution in [1.82, 2.24) is 29.9 Å². The number of aliphatic imine (C=N–C) groups is 1. The maximum absolute atomic E-state index is 13.3. The van der Waals surface area contributed by atoms with E-state index in [1.165, 1.54) is 10.9 Å². The molecule has 1 aliphatic heterocycles. The van der Waals surface area contributed by atoms with Crippen molar-refractivity contribution >= 4 is 14.2 Å². The van der Waals surface area contributed by atoms with E-state index in [-0.39, 0.29) is 16.8 Å². The second kappa shape index (κ2) is 11.9. The molecule has 0 amide bonds. The molecule has 1 unspecified atom stereocenters. The Hall–Kier alpha value is -3.75. The van der Waals surface area contributed by atoms with Crippen molar-refractivity contribution in [2.75, 3.05) is 14.2 Å². The minimum absolute atomic E-state index is 0.118. The van der Waals surface area contributed by atoms with Gasteiger partial charge in [0, 0.05) is 30.9 Å². The molecule has 0 bridgehead atoms. The van der Waals surface area contributed by atoms with E-state index in [1.807, 2.05) is 17.2 Å². The van der Waals surface area contributed by atoms with Crippen molar-refractivity contribution in [2.45, 2.75) is 70.1 Å². The average molecular weight is 644 g/mol. The molecular formula is C31H40F3N7O3Si. The summed E-state index contributed by atoms with van der Waals surface area (Å²) in [5.74, 6) is 1.87. The number of ether oxygens (including phenoxy) is 2. The van der Waals surface area contributed by atoms with Gasteiger partial charge < -0.3 is 23.9 Å². The van der Waals surface area contributed by atoms with Gasteiger partial charge in [0.1, 0.15) is 18.0 Å². The zero-order chi connectivity index (χ0) is 32.8. The molecule has 0 saturated heterocycles. The molecule has 2 aromatic heterocycles. The summed E-state index contributed by atoms with van der Waals surface area (Å²) in [6.45, 7) is 11.3. The van der Waals surface area contributed by atoms with Crippen LogP contribution in [0.5, 0.6) is 5.88 Å². The molecule has 1 atom stereocenters. The fourth-order valence-electron chi connectivity index (χ4n) is 5.12. The van der Waals surface area contributed by atoms with Crippen LogP contribution in [0, 0.1) is 5.92 Å². The van der Waals surface area contributed by atoms with Crippen LogP contribution in [0.4, 0.5) is 13.2 Å². The summed E-state index contributed by atoms with van der Waals surface area (Å²) >= 11 is 0. The molecule has 1 fully saturated rings. The van der Waals surface area contributed by atoms with Gasteiger partial charge in [-0.15, -0.1) is 0 Å². The molecule has 14 heteroatoms. The van der Waals surface area contributed by atoms with E-state index >= 15 is 0 Å². The number of hydrogen-bond acceptors (Lipinski definition) is 9. The lowest BCUT2D eigenvalue weighted by Crippen LogP contribution is -2.67. The number of aryl methyl sites for hydroxylation is 1. The lowest BCUT2D eigenvalue weighted by atomic mass is 9.97. The monoisotopic (exact) mass is 643 g/mol. The summed E-state index contributed by atoms with van der Waals surface area (Å²) in [4.78, 5) is 17.0. The first kappa shape index (κ1) is 32.6. The van der Waals surface area contributed by atoms with Gasteiger partial charge in [-0.3, -0.25) is 0 Å². The Morgan fingerprint density at radius 3 is 2.33 bits per heavy atom. The van der Waals surface area contributed by atoms with Gasteiger partial charge in [0.25, 0.3) is 0 Å². The predicted octanol–water partition coefficient (Wildman–Crippen LogP) is 6.29. The molecule has 45 heavy (non-hydrogen) atoms. The van der Waals surface area contributed by atoms with Gasteiger partial charge in [0.15, 0.2) is 17.1 Å². The SMILES string of the molecule is COC1=CN=C(c2cncnc2OC)NC1(C1CC1)N(Cc1ccc(-c2nc(C(F)(F)F)cn2C)cc1)O[Si](C)(C)C(C)(C)C. The van der Waals surface area contributed by atoms with Crippen LogP contribution in [0.25, 0.3) is 11.4 Å². The summed E-state index contributed by atoms with van der Waals surface area (Å²) in [7, 11) is 2.30. The molecule has 1 aromatic carbocycles. The Labute approximate surface area is 262 Å². The van der Waals surface area contributed by atoms with Gasteiger partial charge in [0.2, 0.25) is 14.2 Å². The first-order valence-corrected chi connectivity index (χ1v) is 17.6. The second-order valence-corrected chi connectivity index (χ2v) is 17.6. The van der Waals surface area contributed by atoms with E-state index in [9.17, 15) is 13.2 Å². The molecule has 10 nitrogen and oxygen atoms in total. The van der Waals surface area contributed by atoms with E-state index in [0.29, 0.717) is 35.1 Å². The van der Waals surface area contributed by atoms with Crippen LogP contribution < -0.4 is 10.1 Å². The topological polar surface area (TPSA) is 98.9 Å². The number of aromatic nitrogens is 4. The van der Waals surface area contributed by atoms with Crippen LogP contribution in [0.1, 0.15) is 50.4 Å². The number of nitrogens with zero attached hydrogens (tertiary/aromatic N) is 6. The molecule has 5 rings (SSSR count). The number of rotatable bonds is 10. The lowest BCUT2D eigenvalue weighted by molar-refractivity contribution is -0.179. The normalized spacial score (nSPS) is 19.2. The molecular weight excluding hydrogens is 603 g/mol. The number of methoxy groups -OCH3 is 2. The predicted molar refractivity (Wildman–Crippen MR) is 166 cm³/mol. The summed E-state index contributed by atoms with van der Waals surface area (Å²) in [5.41, 5.74) is 0.210. The summed E-state index contributed by atoms with van der Waals surface area (Å²) in [6.07, 6.45) is 3.12. The van der Waals surface area contributed by atoms with Crippen LogP contribution in [-0.2, 0) is 29.0 Å². The Kier molecular flexibility index (Phi) is 8.61. The number of benzene rings is 1. The van der Waals surface area contributed by atoms with Gasteiger partial charge in [0.05, 0.1) is 32.5 Å². The highest BCUT2D eigenvalue weighted by Gasteiger charge is 2.58. The molecule has 1 N–H and O–H groups in total. The van der Waals surface area contributed by atoms with Gasteiger partial charge in [-0.1, -0.05) is 45.0 Å². The molecule has 3 aromatic rings. The first-order chi connectivity index (χ1) is 21.1. The minimum Gasteiger partial charge on any atom is -0.495 e. The summed E-state index contributed by atoms with van der Waals surface area (Å²) in [5, 5.41) is 5.55. The molecule has 0 radical (unpaired) electrons. The highest BCUT2D eigenvalue weighted by molar-refractivity contribution is 6.74. The third-order valence-electron chi connectivity index (χ3n) is 8.75. The minimum atomic E-state index is -4.52. The largest absolute Gasteiger partial charge is 0.495 e. The first-order valence-electron chi connectivity index (χ1n) is 14.7. The van der Waals surface area contributed by atoms with Crippen molar-refractivity contribution in [3.63, 3.8) is 0 Å². The molecule has 2 aliphatic rings. The fraction of sp³-hybridized carbons (Fsp3) is 0.484. The molecule has 0 spiro atoms. The fourth-order valence-corrected chi connectivity index (χ4v) is 6.15. The highest BCUT2D eigenvalue weighted by Crippen LogP contribution is 2.50. The van der Waals surface area contributed by atoms with Gasteiger partial charge in [-0.2, -0.15) is 18.2 Å². The number of hydrogen-bond donors (Lipinski definition) is 1. The maximum atomic E-state index is 13.3. The van der Waals surface area contributed by atoms with Crippen molar-refractivity contribution in [3.8, 4) is 17.3 Å². The smallest absolute Gasteiger partial charge is 0.434 e. The van der Waals surface area contributed by atoms with E-state index < -0.39 is 25.9 Å². The average Bonchev–Trinajstić information content (AvgIpc) is 3.77. The van der Waals surface area contributed by atoms with Crippen LogP contribution in [0.15, 0.2) is 59.9 Å². The zero-order valence-electron chi connectivity index (χ0n) is 26.9. The number of halogens is 3. The van der Waals surface area contributed by atoms with E-state index in [0.717, 1.165) is 24.6 Å². The van der Waals surface area contributed by atoms with Crippen molar-refractivity contribution in [1.29, 1.82) is 0 Å². The Morgan fingerprint density at radius 2 is 1.78 bits per heavy atom. The van der Waals surface area contributed by atoms with Crippen LogP contribution in [0.3, 0.4) is 0 Å². The van der Waals surface area contributed by atoms with Crippen molar-refractivity contribution < 1.29 is 27.2 Å². The molecule has 1 saturated carbocycles. The third-order valence-corrected chi connectivity index (χ3v) is 13.0. The summed E-state index contributed by atoms with van der Waals surface area (Å²) < 4.78 is 60.0. The number of hydroxylamine groups is 2. The lowest BCUT2D eigenvalue weighted by Gasteiger charge is -2.50. The summed E-state index contributed by atoms with van der Waals surface area (Å²) in [6, 6.07) is 7.35. The quantitative estimate of drug-likeness (QED) is 0.204. The number of amidine groups is 1. The molecule has 3 heterocycles. The number of imidazole rings is 1. The van der Waals surface area contributed by atoms with Crippen LogP contribution >= 0.6 is 0 Å². The number of nitrogens with one attached hydrogen (secondary N) is 1. The highest BCUT2D eigenvalue weighted by atomic mass is 28.4. The molecule has 1 aliphatic carbocycles. The Bertz CT molecular complexity index is 1590. The van der Waals surface area contributed by atoms with Crippen LogP contribution in [0.2, 0.25) is 18.1 Å². The molecule has 242 valence electrons. The van der Waals surface area contributed by atoms with Crippen molar-refractivity contribution in [3.05, 3.63) is 71.8 Å². The van der Waals surface area contributed by atoms with Gasteiger partial charge in [-0.25, -0.2) is 19.9 Å². The maximum Gasteiger partial charge on any atom is 0.434 e. The van der Waals surface area contributed by atoms with E-state index in [2.05, 4.69) is 59.1 Å². The zero-order valence-corrected chi connectivity index (χ0v) is 27.9. The second-order valence-electron chi connectivity index (χ2n) is 12.9. The van der Waals surface area contributed by atoms with Gasteiger partial charge in [-0.05, 0) is 36.5 Å². The third kappa shape index (κ3) is 6.36. The standard InChI is InChI=1S/C31H40F3N7O3Si/c1-29(2,3)45(7,8)44-41(17-20-9-11-21(12-10-20)27-38-24(18-40(27)4)31(32,33)34)30(22-13-14-22)25(42-5)16-36-26(39-30)23-15-35-19-37-28(23)43-6/h9-12,15-16,18-19,22H,13-14,17H2,1-8H3,(H,36,39).